The molecule has 4 aromatic rings. The SMILES string of the molecule is N#CC(C(=O)c1nn(-c2ccccc2)c2c1CCc1ccccc1-2)C(=S)Nc1ccccc1. The Morgan fingerprint density at radius 2 is 1.64 bits per heavy atom. The molecule has 0 saturated heterocycles. The molecule has 0 fully saturated rings. The van der Waals surface area contributed by atoms with Gasteiger partial charge in [-0.1, -0.05) is 72.9 Å². The lowest BCUT2D eigenvalue weighted by atomic mass is 9.87. The van der Waals surface area contributed by atoms with Crippen LogP contribution in [-0.2, 0) is 12.8 Å². The molecule has 0 bridgehead atoms. The normalized spacial score (nSPS) is 12.7. The van der Waals surface area contributed by atoms with Gasteiger partial charge in [-0.2, -0.15) is 10.4 Å². The van der Waals surface area contributed by atoms with Crippen molar-refractivity contribution in [1.29, 1.82) is 5.26 Å². The average Bonchev–Trinajstić information content (AvgIpc) is 3.26. The number of nitriles is 1. The summed E-state index contributed by atoms with van der Waals surface area (Å²) >= 11 is 5.46. The topological polar surface area (TPSA) is 70.7 Å². The number of nitrogens with one attached hydrogen (secondary N) is 1. The lowest BCUT2D eigenvalue weighted by molar-refractivity contribution is 0.0969. The molecule has 33 heavy (non-hydrogen) atoms. The quantitative estimate of drug-likeness (QED) is 0.327. The van der Waals surface area contributed by atoms with E-state index >= 15 is 0 Å². The van der Waals surface area contributed by atoms with Crippen molar-refractivity contribution in [1.82, 2.24) is 9.78 Å². The van der Waals surface area contributed by atoms with Crippen LogP contribution in [0.15, 0.2) is 84.9 Å². The zero-order valence-electron chi connectivity index (χ0n) is 17.7. The molecule has 0 spiro atoms. The number of nitrogens with zero attached hydrogens (tertiary/aromatic N) is 3. The highest BCUT2D eigenvalue weighted by Crippen LogP contribution is 2.37. The first-order chi connectivity index (χ1) is 16.2. The van der Waals surface area contributed by atoms with Crippen LogP contribution in [0, 0.1) is 17.2 Å². The van der Waals surface area contributed by atoms with E-state index in [0.717, 1.165) is 34.6 Å². The minimum atomic E-state index is -1.12. The predicted molar refractivity (Wildman–Crippen MR) is 133 cm³/mol. The molecule has 3 aromatic carbocycles. The first-order valence-corrected chi connectivity index (χ1v) is 11.1. The van der Waals surface area contributed by atoms with Crippen LogP contribution in [0.25, 0.3) is 16.9 Å². The largest absolute Gasteiger partial charge is 0.349 e. The summed E-state index contributed by atoms with van der Waals surface area (Å²) < 4.78 is 1.82. The number of fused-ring (bicyclic) bond motifs is 3. The minimum Gasteiger partial charge on any atom is -0.349 e. The van der Waals surface area contributed by atoms with Crippen molar-refractivity contribution in [3.8, 4) is 23.0 Å². The van der Waals surface area contributed by atoms with Crippen LogP contribution in [0.3, 0.4) is 0 Å². The van der Waals surface area contributed by atoms with Gasteiger partial charge in [-0.25, -0.2) is 4.68 Å². The summed E-state index contributed by atoms with van der Waals surface area (Å²) in [5.74, 6) is -1.50. The van der Waals surface area contributed by atoms with Gasteiger partial charge in [0.1, 0.15) is 10.7 Å². The Kier molecular flexibility index (Phi) is 5.55. The zero-order valence-corrected chi connectivity index (χ0v) is 18.5. The molecular weight excluding hydrogens is 428 g/mol. The van der Waals surface area contributed by atoms with Crippen LogP contribution >= 0.6 is 12.2 Å². The summed E-state index contributed by atoms with van der Waals surface area (Å²) in [4.78, 5) is 13.8. The molecule has 6 heteroatoms. The second-order valence-electron chi connectivity index (χ2n) is 7.86. The molecule has 0 aliphatic heterocycles. The number of Topliss-reactive ketones (excluding diaryl/α,β-unsaturated/α-hetero) is 1. The van der Waals surface area contributed by atoms with Crippen LogP contribution in [0.1, 0.15) is 21.6 Å². The molecule has 1 atom stereocenters. The summed E-state index contributed by atoms with van der Waals surface area (Å²) in [5.41, 5.74) is 5.97. The van der Waals surface area contributed by atoms with Crippen molar-refractivity contribution in [2.45, 2.75) is 12.8 Å². The van der Waals surface area contributed by atoms with Crippen molar-refractivity contribution >= 4 is 28.7 Å². The summed E-state index contributed by atoms with van der Waals surface area (Å²) in [6.45, 7) is 0. The second-order valence-corrected chi connectivity index (χ2v) is 8.30. The molecule has 0 radical (unpaired) electrons. The van der Waals surface area contributed by atoms with Crippen LogP contribution in [0.4, 0.5) is 5.69 Å². The molecule has 5 nitrogen and oxygen atoms in total. The Balaban J connectivity index is 1.59. The highest BCUT2D eigenvalue weighted by Gasteiger charge is 2.33. The van der Waals surface area contributed by atoms with Gasteiger partial charge in [-0.3, -0.25) is 4.79 Å². The molecule has 1 aliphatic carbocycles. The van der Waals surface area contributed by atoms with E-state index in [0.29, 0.717) is 12.1 Å². The highest BCUT2D eigenvalue weighted by atomic mass is 32.1. The van der Waals surface area contributed by atoms with Gasteiger partial charge in [0.05, 0.1) is 17.5 Å². The molecule has 160 valence electrons. The third-order valence-electron chi connectivity index (χ3n) is 5.83. The maximum atomic E-state index is 13.6. The number of carbonyl (C=O) groups is 1. The van der Waals surface area contributed by atoms with Gasteiger partial charge in [0, 0.05) is 16.8 Å². The number of anilines is 1. The van der Waals surface area contributed by atoms with Crippen molar-refractivity contribution in [2.75, 3.05) is 5.32 Å². The monoisotopic (exact) mass is 448 g/mol. The minimum absolute atomic E-state index is 0.174. The summed E-state index contributed by atoms with van der Waals surface area (Å²) in [5, 5.41) is 17.6. The fourth-order valence-electron chi connectivity index (χ4n) is 4.26. The predicted octanol–water partition coefficient (Wildman–Crippen LogP) is 5.40. The second kappa shape index (κ2) is 8.81. The number of para-hydroxylation sites is 2. The molecule has 1 heterocycles. The molecular formula is C27H20N4OS. The molecule has 1 aliphatic rings. The van der Waals surface area contributed by atoms with E-state index in [-0.39, 0.29) is 10.8 Å². The van der Waals surface area contributed by atoms with Gasteiger partial charge in [-0.05, 0) is 42.7 Å². The Morgan fingerprint density at radius 3 is 2.36 bits per heavy atom. The maximum Gasteiger partial charge on any atom is 0.207 e. The number of rotatable bonds is 5. The molecule has 1 unspecified atom stereocenters. The van der Waals surface area contributed by atoms with Gasteiger partial charge in [-0.15, -0.1) is 0 Å². The van der Waals surface area contributed by atoms with Gasteiger partial charge < -0.3 is 5.32 Å². The van der Waals surface area contributed by atoms with Gasteiger partial charge in [0.2, 0.25) is 5.78 Å². The molecule has 0 saturated carbocycles. The number of benzene rings is 3. The third-order valence-corrected chi connectivity index (χ3v) is 6.17. The van der Waals surface area contributed by atoms with Crippen molar-refractivity contribution in [3.63, 3.8) is 0 Å². The van der Waals surface area contributed by atoms with E-state index in [1.807, 2.05) is 77.5 Å². The first kappa shape index (κ1) is 20.8. The van der Waals surface area contributed by atoms with E-state index in [4.69, 9.17) is 17.3 Å². The summed E-state index contributed by atoms with van der Waals surface area (Å²) in [6.07, 6.45) is 1.49. The Morgan fingerprint density at radius 1 is 0.970 bits per heavy atom. The lowest BCUT2D eigenvalue weighted by Gasteiger charge is -2.19. The number of thiocarbonyl (C=S) groups is 1. The molecule has 1 aromatic heterocycles. The zero-order chi connectivity index (χ0) is 22.8. The van der Waals surface area contributed by atoms with Crippen LogP contribution in [0.5, 0.6) is 0 Å². The number of hydrogen-bond donors (Lipinski definition) is 1. The summed E-state index contributed by atoms with van der Waals surface area (Å²) in [6, 6.07) is 29.3. The molecule has 5 rings (SSSR count). The van der Waals surface area contributed by atoms with Crippen molar-refractivity contribution < 1.29 is 4.79 Å². The van der Waals surface area contributed by atoms with E-state index in [1.54, 1.807) is 0 Å². The smallest absolute Gasteiger partial charge is 0.207 e. The van der Waals surface area contributed by atoms with Crippen LogP contribution in [-0.4, -0.2) is 20.6 Å². The summed E-state index contributed by atoms with van der Waals surface area (Å²) in [7, 11) is 0. The Hall–Kier alpha value is -4.08. The molecule has 1 N–H and O–H groups in total. The lowest BCUT2D eigenvalue weighted by Crippen LogP contribution is -2.28. The van der Waals surface area contributed by atoms with E-state index < -0.39 is 5.92 Å². The van der Waals surface area contributed by atoms with E-state index in [2.05, 4.69) is 23.5 Å². The maximum absolute atomic E-state index is 13.6. The Labute approximate surface area is 197 Å². The first-order valence-electron chi connectivity index (χ1n) is 10.7. The fourth-order valence-corrected chi connectivity index (χ4v) is 4.53. The van der Waals surface area contributed by atoms with E-state index in [9.17, 15) is 10.1 Å². The number of hydrogen-bond acceptors (Lipinski definition) is 4. The fraction of sp³-hybridized carbons (Fsp3) is 0.111. The highest BCUT2D eigenvalue weighted by molar-refractivity contribution is 7.80. The van der Waals surface area contributed by atoms with Gasteiger partial charge >= 0.3 is 0 Å². The van der Waals surface area contributed by atoms with Crippen molar-refractivity contribution in [2.24, 2.45) is 5.92 Å². The number of aromatic nitrogens is 2. The van der Waals surface area contributed by atoms with Crippen LogP contribution < -0.4 is 5.32 Å². The van der Waals surface area contributed by atoms with E-state index in [1.165, 1.54) is 5.56 Å². The standard InChI is InChI=1S/C27H20N4OS/c28-17-23(27(33)29-19-10-3-1-4-11-19)26(32)24-22-16-15-18-9-7-8-14-21(18)25(22)31(30-24)20-12-5-2-6-13-20/h1-14,23H,15-16H2,(H,29,33). The van der Waals surface area contributed by atoms with Gasteiger partial charge in [0.25, 0.3) is 0 Å². The van der Waals surface area contributed by atoms with Crippen LogP contribution in [0.2, 0.25) is 0 Å². The third kappa shape index (κ3) is 3.84. The Bertz CT molecular complexity index is 1390. The van der Waals surface area contributed by atoms with Gasteiger partial charge in [0.15, 0.2) is 5.92 Å². The number of carbonyl (C=O) groups excluding carboxylic acids is 1. The number of ketones is 1. The van der Waals surface area contributed by atoms with Crippen molar-refractivity contribution in [3.05, 3.63) is 102 Å². The molecule has 0 amide bonds. The average molecular weight is 449 g/mol. The number of aryl methyl sites for hydroxylation is 1.